The summed E-state index contributed by atoms with van der Waals surface area (Å²) < 4.78 is 4.35. The summed E-state index contributed by atoms with van der Waals surface area (Å²) >= 11 is 0. The van der Waals surface area contributed by atoms with E-state index in [1.54, 1.807) is 0 Å². The predicted molar refractivity (Wildman–Crippen MR) is 41.0 cm³/mol. The van der Waals surface area contributed by atoms with Crippen molar-refractivity contribution in [3.63, 3.8) is 0 Å². The Morgan fingerprint density at radius 2 is 1.83 bits per heavy atom. The van der Waals surface area contributed by atoms with Crippen LogP contribution in [-0.4, -0.2) is 11.9 Å². The molecule has 0 radical (unpaired) electrons. The Kier molecular flexibility index (Phi) is 1.43. The van der Waals surface area contributed by atoms with Gasteiger partial charge in [-0.1, -0.05) is 24.3 Å². The van der Waals surface area contributed by atoms with Crippen LogP contribution in [0.5, 0.6) is 0 Å². The molecule has 0 bridgehead atoms. The predicted octanol–water partition coefficient (Wildman–Crippen LogP) is 0.738. The zero-order chi connectivity index (χ0) is 8.55. The van der Waals surface area contributed by atoms with E-state index in [-0.39, 0.29) is 5.92 Å². The molecule has 0 spiro atoms. The molecule has 0 aromatic heterocycles. The fourth-order valence-corrected chi connectivity index (χ4v) is 1.24. The third kappa shape index (κ3) is 0.993. The Hall–Kier alpha value is -1.64. The Bertz CT molecular complexity index is 322. The van der Waals surface area contributed by atoms with Crippen LogP contribution in [-0.2, 0) is 14.3 Å². The van der Waals surface area contributed by atoms with Gasteiger partial charge in [-0.05, 0) is 0 Å². The molecule has 0 saturated heterocycles. The topological polar surface area (TPSA) is 43.4 Å². The van der Waals surface area contributed by atoms with Gasteiger partial charge in [-0.15, -0.1) is 0 Å². The first-order valence-electron chi connectivity index (χ1n) is 3.60. The minimum atomic E-state index is -0.566. The summed E-state index contributed by atoms with van der Waals surface area (Å²) in [5.74, 6) is -1.17. The zero-order valence-electron chi connectivity index (χ0n) is 6.19. The fraction of sp³-hybridized carbons (Fsp3) is 0.111. The van der Waals surface area contributed by atoms with Crippen molar-refractivity contribution < 1.29 is 14.3 Å². The fourth-order valence-electron chi connectivity index (χ4n) is 1.24. The first kappa shape index (κ1) is 7.03. The molecular weight excluding hydrogens is 156 g/mol. The van der Waals surface area contributed by atoms with Gasteiger partial charge in [-0.25, -0.2) is 9.59 Å². The monoisotopic (exact) mass is 162 g/mol. The van der Waals surface area contributed by atoms with Crippen LogP contribution in [0.1, 0.15) is 0 Å². The molecule has 3 heteroatoms. The van der Waals surface area contributed by atoms with E-state index in [1.165, 1.54) is 6.08 Å². The number of carbonyl (C=O) groups excluding carboxylic acids is 2. The molecule has 60 valence electrons. The quantitative estimate of drug-likeness (QED) is 0.422. The lowest BCUT2D eigenvalue weighted by Crippen LogP contribution is -2.06. The van der Waals surface area contributed by atoms with Crippen molar-refractivity contribution in [3.05, 3.63) is 36.0 Å². The van der Waals surface area contributed by atoms with Gasteiger partial charge in [0.05, 0.1) is 5.57 Å². The van der Waals surface area contributed by atoms with Gasteiger partial charge in [0.1, 0.15) is 0 Å². The highest BCUT2D eigenvalue weighted by Gasteiger charge is 2.28. The number of ether oxygens (including phenoxy) is 1. The first-order chi connectivity index (χ1) is 5.77. The minimum absolute atomic E-state index is 0.0797. The normalized spacial score (nSPS) is 21.8. The lowest BCUT2D eigenvalue weighted by molar-refractivity contribution is -0.150. The van der Waals surface area contributed by atoms with Gasteiger partial charge in [-0.2, -0.15) is 0 Å². The highest BCUT2D eigenvalue weighted by atomic mass is 16.6. The number of hydrogen-bond donors (Lipinski definition) is 0. The molecule has 1 aliphatic carbocycles. The average molecular weight is 162 g/mol. The molecule has 0 atom stereocenters. The van der Waals surface area contributed by atoms with Crippen LogP contribution in [0.2, 0.25) is 0 Å². The first-order valence-corrected chi connectivity index (χ1v) is 3.60. The number of hydrogen-bond acceptors (Lipinski definition) is 3. The molecule has 0 saturated carbocycles. The van der Waals surface area contributed by atoms with E-state index in [4.69, 9.17) is 0 Å². The number of esters is 2. The van der Waals surface area contributed by atoms with E-state index < -0.39 is 11.9 Å². The van der Waals surface area contributed by atoms with Crippen LogP contribution in [0.25, 0.3) is 0 Å². The second-order valence-electron chi connectivity index (χ2n) is 2.60. The van der Waals surface area contributed by atoms with E-state index in [9.17, 15) is 9.59 Å². The van der Waals surface area contributed by atoms with Crippen molar-refractivity contribution in [2.45, 2.75) is 0 Å². The van der Waals surface area contributed by atoms with Crippen molar-refractivity contribution in [3.8, 4) is 0 Å². The van der Waals surface area contributed by atoms with Gasteiger partial charge < -0.3 is 4.74 Å². The van der Waals surface area contributed by atoms with Crippen LogP contribution in [0.15, 0.2) is 36.0 Å². The van der Waals surface area contributed by atoms with Crippen LogP contribution >= 0.6 is 0 Å². The summed E-state index contributed by atoms with van der Waals surface area (Å²) in [5, 5.41) is 0. The van der Waals surface area contributed by atoms with E-state index in [0.29, 0.717) is 5.57 Å². The van der Waals surface area contributed by atoms with Crippen molar-refractivity contribution in [2.24, 2.45) is 5.92 Å². The molecule has 12 heavy (non-hydrogen) atoms. The van der Waals surface area contributed by atoms with Gasteiger partial charge >= 0.3 is 11.9 Å². The third-order valence-electron chi connectivity index (χ3n) is 1.81. The SMILES string of the molecule is O=C1C=C(C2C=CC=C2)C(=O)O1. The Balaban J connectivity index is 2.29. The smallest absolute Gasteiger partial charge is 0.343 e. The number of rotatable bonds is 1. The molecule has 0 aromatic rings. The maximum atomic E-state index is 11.0. The molecule has 0 fully saturated rings. The standard InChI is InChI=1S/C9H6O3/c10-8-5-7(9(11)12-8)6-3-1-2-4-6/h1-6H. The number of cyclic esters (lactones) is 2. The maximum Gasteiger partial charge on any atom is 0.343 e. The van der Waals surface area contributed by atoms with Crippen LogP contribution < -0.4 is 0 Å². The summed E-state index contributed by atoms with van der Waals surface area (Å²) in [4.78, 5) is 21.6. The molecule has 2 aliphatic rings. The highest BCUT2D eigenvalue weighted by Crippen LogP contribution is 2.23. The summed E-state index contributed by atoms with van der Waals surface area (Å²) in [5.41, 5.74) is 0.421. The van der Waals surface area contributed by atoms with Crippen molar-refractivity contribution in [1.29, 1.82) is 0 Å². The molecule has 0 aromatic carbocycles. The van der Waals surface area contributed by atoms with Crippen LogP contribution in [0.4, 0.5) is 0 Å². The van der Waals surface area contributed by atoms with E-state index in [0.717, 1.165) is 0 Å². The largest absolute Gasteiger partial charge is 0.386 e. The van der Waals surface area contributed by atoms with Gasteiger partial charge in [0, 0.05) is 12.0 Å². The lowest BCUT2D eigenvalue weighted by atomic mass is 10.0. The third-order valence-corrected chi connectivity index (χ3v) is 1.81. The lowest BCUT2D eigenvalue weighted by Gasteiger charge is -2.00. The Morgan fingerprint density at radius 1 is 1.17 bits per heavy atom. The van der Waals surface area contributed by atoms with E-state index in [1.807, 2.05) is 24.3 Å². The molecule has 0 N–H and O–H groups in total. The van der Waals surface area contributed by atoms with Crippen molar-refractivity contribution in [2.75, 3.05) is 0 Å². The van der Waals surface area contributed by atoms with Crippen molar-refractivity contribution in [1.82, 2.24) is 0 Å². The maximum absolute atomic E-state index is 11.0. The molecule has 2 rings (SSSR count). The van der Waals surface area contributed by atoms with E-state index >= 15 is 0 Å². The molecular formula is C9H6O3. The number of carbonyl (C=O) groups is 2. The zero-order valence-corrected chi connectivity index (χ0v) is 6.19. The Labute approximate surface area is 69.0 Å². The second kappa shape index (κ2) is 2.44. The molecule has 3 nitrogen and oxygen atoms in total. The summed E-state index contributed by atoms with van der Waals surface area (Å²) in [6.07, 6.45) is 8.59. The van der Waals surface area contributed by atoms with Crippen LogP contribution in [0, 0.1) is 5.92 Å². The average Bonchev–Trinajstić information content (AvgIpc) is 2.58. The van der Waals surface area contributed by atoms with Gasteiger partial charge in [0.2, 0.25) is 0 Å². The van der Waals surface area contributed by atoms with Crippen molar-refractivity contribution >= 4 is 11.9 Å². The summed E-state index contributed by atoms with van der Waals surface area (Å²) in [6, 6.07) is 0. The summed E-state index contributed by atoms with van der Waals surface area (Å²) in [7, 11) is 0. The number of allylic oxidation sites excluding steroid dienone is 4. The van der Waals surface area contributed by atoms with Gasteiger partial charge in [0.25, 0.3) is 0 Å². The van der Waals surface area contributed by atoms with Gasteiger partial charge in [-0.3, -0.25) is 0 Å². The van der Waals surface area contributed by atoms with E-state index in [2.05, 4.69) is 4.74 Å². The molecule has 0 amide bonds. The Morgan fingerprint density at radius 3 is 2.33 bits per heavy atom. The molecule has 0 unspecified atom stereocenters. The molecule has 1 heterocycles. The second-order valence-corrected chi connectivity index (χ2v) is 2.60. The van der Waals surface area contributed by atoms with Gasteiger partial charge in [0.15, 0.2) is 0 Å². The molecule has 1 aliphatic heterocycles. The van der Waals surface area contributed by atoms with Crippen LogP contribution in [0.3, 0.4) is 0 Å². The summed E-state index contributed by atoms with van der Waals surface area (Å²) in [6.45, 7) is 0. The highest BCUT2D eigenvalue weighted by molar-refractivity contribution is 6.09. The minimum Gasteiger partial charge on any atom is -0.386 e.